The van der Waals surface area contributed by atoms with Gasteiger partial charge < -0.3 is 10.2 Å². The summed E-state index contributed by atoms with van der Waals surface area (Å²) in [5.41, 5.74) is 1.75. The Bertz CT molecular complexity index is 402. The second-order valence-corrected chi connectivity index (χ2v) is 5.64. The second kappa shape index (κ2) is 6.90. The molecule has 2 nitrogen and oxygen atoms in total. The zero-order valence-electron chi connectivity index (χ0n) is 12.1. The molecule has 0 spiro atoms. The van der Waals surface area contributed by atoms with Gasteiger partial charge >= 0.3 is 0 Å². The van der Waals surface area contributed by atoms with E-state index in [9.17, 15) is 4.39 Å². The van der Waals surface area contributed by atoms with Gasteiger partial charge in [-0.25, -0.2) is 4.39 Å². The summed E-state index contributed by atoms with van der Waals surface area (Å²) in [5.74, 6) is 0.660. The Balaban J connectivity index is 1.93. The summed E-state index contributed by atoms with van der Waals surface area (Å²) in [6, 6.07) is 5.60. The zero-order valence-corrected chi connectivity index (χ0v) is 12.1. The summed E-state index contributed by atoms with van der Waals surface area (Å²) in [6.07, 6.45) is 5.03. The molecule has 2 rings (SSSR count). The SMILES string of the molecule is CCCNCc1ccc(N(C)CC2CCC2)c(F)c1. The van der Waals surface area contributed by atoms with Gasteiger partial charge in [-0.1, -0.05) is 19.4 Å². The molecule has 0 atom stereocenters. The molecule has 1 aromatic rings. The number of nitrogens with zero attached hydrogens (tertiary/aromatic N) is 1. The Morgan fingerprint density at radius 2 is 2.16 bits per heavy atom. The molecule has 0 unspecified atom stereocenters. The smallest absolute Gasteiger partial charge is 0.146 e. The van der Waals surface area contributed by atoms with Crippen LogP contribution >= 0.6 is 0 Å². The van der Waals surface area contributed by atoms with Crippen LogP contribution in [0.2, 0.25) is 0 Å². The first-order valence-corrected chi connectivity index (χ1v) is 7.41. The standard InChI is InChI=1S/C16H25FN2/c1-3-9-18-11-14-7-8-16(15(17)10-14)19(2)12-13-5-4-6-13/h7-8,10,13,18H,3-6,9,11-12H2,1-2H3. The highest BCUT2D eigenvalue weighted by molar-refractivity contribution is 5.48. The summed E-state index contributed by atoms with van der Waals surface area (Å²) in [6.45, 7) is 4.83. The topological polar surface area (TPSA) is 15.3 Å². The highest BCUT2D eigenvalue weighted by atomic mass is 19.1. The third-order valence-corrected chi connectivity index (χ3v) is 3.94. The first kappa shape index (κ1) is 14.3. The molecule has 0 radical (unpaired) electrons. The number of nitrogens with one attached hydrogen (secondary N) is 1. The van der Waals surface area contributed by atoms with E-state index in [-0.39, 0.29) is 5.82 Å². The van der Waals surface area contributed by atoms with E-state index < -0.39 is 0 Å². The molecule has 1 saturated carbocycles. The molecule has 1 aliphatic carbocycles. The van der Waals surface area contributed by atoms with Gasteiger partial charge in [-0.15, -0.1) is 0 Å². The van der Waals surface area contributed by atoms with Crippen LogP contribution in [0, 0.1) is 11.7 Å². The Kier molecular flexibility index (Phi) is 5.20. The molecular weight excluding hydrogens is 239 g/mol. The molecule has 0 amide bonds. The maximum absolute atomic E-state index is 14.1. The lowest BCUT2D eigenvalue weighted by Gasteiger charge is -2.31. The number of anilines is 1. The summed E-state index contributed by atoms with van der Waals surface area (Å²) in [7, 11) is 1.99. The van der Waals surface area contributed by atoms with E-state index in [4.69, 9.17) is 0 Å². The highest BCUT2D eigenvalue weighted by Gasteiger charge is 2.20. The maximum Gasteiger partial charge on any atom is 0.146 e. The minimum Gasteiger partial charge on any atom is -0.372 e. The van der Waals surface area contributed by atoms with Gasteiger partial charge in [-0.05, 0) is 49.4 Å². The van der Waals surface area contributed by atoms with Gasteiger partial charge in [0.05, 0.1) is 5.69 Å². The van der Waals surface area contributed by atoms with Gasteiger partial charge in [0.1, 0.15) is 5.82 Å². The third-order valence-electron chi connectivity index (χ3n) is 3.94. The van der Waals surface area contributed by atoms with Crippen molar-refractivity contribution in [1.29, 1.82) is 0 Å². The van der Waals surface area contributed by atoms with E-state index in [1.165, 1.54) is 19.3 Å². The van der Waals surface area contributed by atoms with Crippen molar-refractivity contribution in [2.45, 2.75) is 39.2 Å². The largest absolute Gasteiger partial charge is 0.372 e. The van der Waals surface area contributed by atoms with E-state index >= 15 is 0 Å². The highest BCUT2D eigenvalue weighted by Crippen LogP contribution is 2.29. The quantitative estimate of drug-likeness (QED) is 0.758. The van der Waals surface area contributed by atoms with Gasteiger partial charge in [-0.2, -0.15) is 0 Å². The molecular formula is C16H25FN2. The van der Waals surface area contributed by atoms with E-state index in [1.54, 1.807) is 6.07 Å². The fourth-order valence-electron chi connectivity index (χ4n) is 2.54. The Morgan fingerprint density at radius 1 is 1.37 bits per heavy atom. The Morgan fingerprint density at radius 3 is 2.74 bits per heavy atom. The molecule has 3 heteroatoms. The normalized spacial score (nSPS) is 15.3. The monoisotopic (exact) mass is 264 g/mol. The third kappa shape index (κ3) is 3.93. The van der Waals surface area contributed by atoms with Crippen molar-refractivity contribution in [3.63, 3.8) is 0 Å². The average molecular weight is 264 g/mol. The Hall–Kier alpha value is -1.09. The second-order valence-electron chi connectivity index (χ2n) is 5.64. The van der Waals surface area contributed by atoms with Crippen molar-refractivity contribution in [2.24, 2.45) is 5.92 Å². The lowest BCUT2D eigenvalue weighted by molar-refractivity contribution is 0.321. The number of rotatable bonds is 7. The number of halogens is 1. The predicted molar refractivity (Wildman–Crippen MR) is 79.0 cm³/mol. The lowest BCUT2D eigenvalue weighted by Crippen LogP contribution is -2.29. The molecule has 0 aliphatic heterocycles. The maximum atomic E-state index is 14.1. The van der Waals surface area contributed by atoms with E-state index in [0.29, 0.717) is 0 Å². The minimum absolute atomic E-state index is 0.0994. The van der Waals surface area contributed by atoms with Gasteiger partial charge in [0.2, 0.25) is 0 Å². The van der Waals surface area contributed by atoms with Crippen LogP contribution in [-0.2, 0) is 6.54 Å². The van der Waals surface area contributed by atoms with Crippen molar-refractivity contribution < 1.29 is 4.39 Å². The molecule has 1 aliphatic rings. The van der Waals surface area contributed by atoms with Crippen molar-refractivity contribution in [2.75, 3.05) is 25.0 Å². The summed E-state index contributed by atoms with van der Waals surface area (Å²) >= 11 is 0. The fourth-order valence-corrected chi connectivity index (χ4v) is 2.54. The van der Waals surface area contributed by atoms with E-state index in [0.717, 1.165) is 43.2 Å². The molecule has 0 aromatic heterocycles. The summed E-state index contributed by atoms with van der Waals surface area (Å²) < 4.78 is 14.1. The first-order valence-electron chi connectivity index (χ1n) is 7.41. The van der Waals surface area contributed by atoms with Gasteiger partial charge in [-0.3, -0.25) is 0 Å². The molecule has 1 fully saturated rings. The summed E-state index contributed by atoms with van der Waals surface area (Å²) in [4.78, 5) is 2.06. The van der Waals surface area contributed by atoms with Gasteiger partial charge in [0.25, 0.3) is 0 Å². The van der Waals surface area contributed by atoms with Crippen molar-refractivity contribution in [1.82, 2.24) is 5.32 Å². The van der Waals surface area contributed by atoms with Gasteiger partial charge in [0, 0.05) is 20.1 Å². The predicted octanol–water partition coefficient (Wildman–Crippen LogP) is 3.56. The van der Waals surface area contributed by atoms with Crippen LogP contribution < -0.4 is 10.2 Å². The fraction of sp³-hybridized carbons (Fsp3) is 0.625. The molecule has 0 bridgehead atoms. The molecule has 1 aromatic carbocycles. The molecule has 106 valence electrons. The van der Waals surface area contributed by atoms with Crippen molar-refractivity contribution in [3.05, 3.63) is 29.6 Å². The minimum atomic E-state index is -0.0994. The van der Waals surface area contributed by atoms with Crippen LogP contribution in [0.15, 0.2) is 18.2 Å². The zero-order chi connectivity index (χ0) is 13.7. The lowest BCUT2D eigenvalue weighted by atomic mass is 9.85. The van der Waals surface area contributed by atoms with Crippen LogP contribution in [0.5, 0.6) is 0 Å². The Labute approximate surface area is 116 Å². The number of hydrogen-bond donors (Lipinski definition) is 1. The first-order chi connectivity index (χ1) is 9.20. The van der Waals surface area contributed by atoms with Crippen LogP contribution in [-0.4, -0.2) is 20.1 Å². The average Bonchev–Trinajstić information content (AvgIpc) is 2.34. The molecule has 19 heavy (non-hydrogen) atoms. The number of benzene rings is 1. The molecule has 0 heterocycles. The van der Waals surface area contributed by atoms with Crippen LogP contribution in [0.1, 0.15) is 38.2 Å². The van der Waals surface area contributed by atoms with Crippen LogP contribution in [0.25, 0.3) is 0 Å². The van der Waals surface area contributed by atoms with Crippen molar-refractivity contribution >= 4 is 5.69 Å². The van der Waals surface area contributed by atoms with Gasteiger partial charge in [0.15, 0.2) is 0 Å². The van der Waals surface area contributed by atoms with Crippen molar-refractivity contribution in [3.8, 4) is 0 Å². The van der Waals surface area contributed by atoms with Crippen LogP contribution in [0.4, 0.5) is 10.1 Å². The van der Waals surface area contributed by atoms with E-state index in [2.05, 4.69) is 17.1 Å². The van der Waals surface area contributed by atoms with E-state index in [1.807, 2.05) is 19.2 Å². The number of hydrogen-bond acceptors (Lipinski definition) is 2. The summed E-state index contributed by atoms with van der Waals surface area (Å²) in [5, 5.41) is 3.30. The van der Waals surface area contributed by atoms with Crippen LogP contribution in [0.3, 0.4) is 0 Å². The molecule has 0 saturated heterocycles. The molecule has 1 N–H and O–H groups in total.